The van der Waals surface area contributed by atoms with E-state index < -0.39 is 9.84 Å². The summed E-state index contributed by atoms with van der Waals surface area (Å²) >= 11 is 3.33. The molecule has 2 aromatic rings. The standard InChI is InChI=1S/C14H14BrNO3S/c1-19-12-3-2-4-13(8-12)20(17,18)9-10-5-6-11(16)7-14(10)15/h2-8H,9,16H2,1H3. The van der Waals surface area contributed by atoms with Crippen LogP contribution >= 0.6 is 15.9 Å². The van der Waals surface area contributed by atoms with Gasteiger partial charge in [-0.2, -0.15) is 0 Å². The van der Waals surface area contributed by atoms with Crippen LogP contribution in [0.15, 0.2) is 51.8 Å². The van der Waals surface area contributed by atoms with Crippen molar-refractivity contribution >= 4 is 31.5 Å². The molecule has 0 radical (unpaired) electrons. The lowest BCUT2D eigenvalue weighted by atomic mass is 10.2. The van der Waals surface area contributed by atoms with E-state index in [9.17, 15) is 8.42 Å². The van der Waals surface area contributed by atoms with Crippen LogP contribution in [0.5, 0.6) is 5.75 Å². The predicted molar refractivity (Wildman–Crippen MR) is 82.4 cm³/mol. The fourth-order valence-electron chi connectivity index (χ4n) is 1.76. The maximum absolute atomic E-state index is 12.4. The van der Waals surface area contributed by atoms with E-state index in [1.165, 1.54) is 13.2 Å². The SMILES string of the molecule is COc1cccc(S(=O)(=O)Cc2ccc(N)cc2Br)c1. The van der Waals surface area contributed by atoms with E-state index in [2.05, 4.69) is 15.9 Å². The number of rotatable bonds is 4. The molecule has 0 spiro atoms. The van der Waals surface area contributed by atoms with Gasteiger partial charge in [0.05, 0.1) is 17.8 Å². The van der Waals surface area contributed by atoms with E-state index in [1.54, 1.807) is 36.4 Å². The summed E-state index contributed by atoms with van der Waals surface area (Å²) in [5.74, 6) is 0.420. The van der Waals surface area contributed by atoms with Gasteiger partial charge < -0.3 is 10.5 Å². The molecule has 4 nitrogen and oxygen atoms in total. The largest absolute Gasteiger partial charge is 0.497 e. The average Bonchev–Trinajstić information content (AvgIpc) is 2.42. The molecule has 0 fully saturated rings. The molecule has 2 aromatic carbocycles. The van der Waals surface area contributed by atoms with Crippen molar-refractivity contribution in [3.63, 3.8) is 0 Å². The Hall–Kier alpha value is -1.53. The van der Waals surface area contributed by atoms with Crippen LogP contribution in [0.25, 0.3) is 0 Å². The van der Waals surface area contributed by atoms with E-state index in [0.717, 1.165) is 0 Å². The molecule has 2 rings (SSSR count). The van der Waals surface area contributed by atoms with Crippen LogP contribution in [0.4, 0.5) is 5.69 Å². The van der Waals surface area contributed by atoms with E-state index in [-0.39, 0.29) is 10.6 Å². The van der Waals surface area contributed by atoms with Gasteiger partial charge in [0.2, 0.25) is 0 Å². The molecule has 6 heteroatoms. The molecule has 0 heterocycles. The summed E-state index contributed by atoms with van der Waals surface area (Å²) in [5.41, 5.74) is 6.90. The number of nitrogen functional groups attached to an aromatic ring is 1. The highest BCUT2D eigenvalue weighted by Gasteiger charge is 2.17. The Bertz CT molecular complexity index is 729. The third-order valence-corrected chi connectivity index (χ3v) is 5.22. The normalized spacial score (nSPS) is 11.3. The van der Waals surface area contributed by atoms with Crippen molar-refractivity contribution in [3.05, 3.63) is 52.5 Å². The first-order valence-electron chi connectivity index (χ1n) is 5.83. The fraction of sp³-hybridized carbons (Fsp3) is 0.143. The zero-order chi connectivity index (χ0) is 14.8. The van der Waals surface area contributed by atoms with Crippen LogP contribution in [0.2, 0.25) is 0 Å². The molecule has 20 heavy (non-hydrogen) atoms. The number of anilines is 1. The lowest BCUT2D eigenvalue weighted by Crippen LogP contribution is -2.06. The molecule has 2 N–H and O–H groups in total. The molecule has 0 aliphatic carbocycles. The number of hydrogen-bond acceptors (Lipinski definition) is 4. The minimum atomic E-state index is -3.43. The number of benzene rings is 2. The van der Waals surface area contributed by atoms with Crippen molar-refractivity contribution in [1.82, 2.24) is 0 Å². The van der Waals surface area contributed by atoms with Gasteiger partial charge in [-0.1, -0.05) is 28.1 Å². The topological polar surface area (TPSA) is 69.4 Å². The minimum absolute atomic E-state index is 0.0962. The van der Waals surface area contributed by atoms with Gasteiger partial charge in [0.25, 0.3) is 0 Å². The number of halogens is 1. The van der Waals surface area contributed by atoms with Crippen LogP contribution in [0.1, 0.15) is 5.56 Å². The molecule has 0 aliphatic rings. The second-order valence-corrected chi connectivity index (χ2v) is 7.13. The van der Waals surface area contributed by atoms with Crippen LogP contribution < -0.4 is 10.5 Å². The number of sulfone groups is 1. The summed E-state index contributed by atoms with van der Waals surface area (Å²) in [4.78, 5) is 0.237. The molecule has 0 aromatic heterocycles. The third-order valence-electron chi connectivity index (χ3n) is 2.82. The Morgan fingerprint density at radius 1 is 1.20 bits per heavy atom. The highest BCUT2D eigenvalue weighted by molar-refractivity contribution is 9.10. The first kappa shape index (κ1) is 14.9. The van der Waals surface area contributed by atoms with E-state index in [4.69, 9.17) is 10.5 Å². The molecular weight excluding hydrogens is 342 g/mol. The number of nitrogens with two attached hydrogens (primary N) is 1. The summed E-state index contributed by atoms with van der Waals surface area (Å²) < 4.78 is 30.5. The average molecular weight is 356 g/mol. The second kappa shape index (κ2) is 5.85. The number of ether oxygens (including phenoxy) is 1. The number of hydrogen-bond donors (Lipinski definition) is 1. The summed E-state index contributed by atoms with van der Waals surface area (Å²) in [5, 5.41) is 0. The Labute approximate surface area is 126 Å². The van der Waals surface area contributed by atoms with E-state index >= 15 is 0 Å². The van der Waals surface area contributed by atoms with Gasteiger partial charge in [0, 0.05) is 10.2 Å². The first-order chi connectivity index (χ1) is 9.42. The Balaban J connectivity index is 2.35. The Morgan fingerprint density at radius 2 is 1.95 bits per heavy atom. The van der Waals surface area contributed by atoms with Crippen LogP contribution in [0.3, 0.4) is 0 Å². The molecule has 0 bridgehead atoms. The molecule has 0 aliphatic heterocycles. The van der Waals surface area contributed by atoms with Gasteiger partial charge in [-0.25, -0.2) is 8.42 Å². The van der Waals surface area contributed by atoms with Crippen LogP contribution in [0, 0.1) is 0 Å². The lowest BCUT2D eigenvalue weighted by Gasteiger charge is -2.08. The van der Waals surface area contributed by atoms with Gasteiger partial charge in [-0.15, -0.1) is 0 Å². The van der Waals surface area contributed by atoms with Crippen molar-refractivity contribution in [2.75, 3.05) is 12.8 Å². The van der Waals surface area contributed by atoms with Gasteiger partial charge in [-0.05, 0) is 35.9 Å². The minimum Gasteiger partial charge on any atom is -0.497 e. The van der Waals surface area contributed by atoms with Crippen molar-refractivity contribution in [3.8, 4) is 5.75 Å². The van der Waals surface area contributed by atoms with Gasteiger partial charge in [-0.3, -0.25) is 0 Å². The zero-order valence-corrected chi connectivity index (χ0v) is 13.2. The van der Waals surface area contributed by atoms with Crippen LogP contribution in [-0.2, 0) is 15.6 Å². The molecule has 0 amide bonds. The second-order valence-electron chi connectivity index (χ2n) is 4.29. The van der Waals surface area contributed by atoms with Crippen molar-refractivity contribution in [2.45, 2.75) is 10.6 Å². The monoisotopic (exact) mass is 355 g/mol. The van der Waals surface area contributed by atoms with Gasteiger partial charge >= 0.3 is 0 Å². The molecule has 0 unspecified atom stereocenters. The molecule has 0 atom stereocenters. The summed E-state index contributed by atoms with van der Waals surface area (Å²) in [6.45, 7) is 0. The summed E-state index contributed by atoms with van der Waals surface area (Å²) in [6.07, 6.45) is 0. The zero-order valence-electron chi connectivity index (χ0n) is 10.8. The smallest absolute Gasteiger partial charge is 0.182 e. The molecule has 0 saturated carbocycles. The third kappa shape index (κ3) is 3.32. The quantitative estimate of drug-likeness (QED) is 0.855. The highest BCUT2D eigenvalue weighted by Crippen LogP contribution is 2.26. The van der Waals surface area contributed by atoms with Gasteiger partial charge in [0.15, 0.2) is 9.84 Å². The molecular formula is C14H14BrNO3S. The summed E-state index contributed by atoms with van der Waals surface area (Å²) in [6, 6.07) is 11.5. The van der Waals surface area contributed by atoms with Crippen LogP contribution in [-0.4, -0.2) is 15.5 Å². The maximum Gasteiger partial charge on any atom is 0.182 e. The molecule has 106 valence electrons. The maximum atomic E-state index is 12.4. The fourth-order valence-corrected chi connectivity index (χ4v) is 3.90. The van der Waals surface area contributed by atoms with E-state index in [0.29, 0.717) is 21.5 Å². The highest BCUT2D eigenvalue weighted by atomic mass is 79.9. The Kier molecular flexibility index (Phi) is 4.35. The predicted octanol–water partition coefficient (Wildman–Crippen LogP) is 3.01. The Morgan fingerprint density at radius 3 is 2.60 bits per heavy atom. The lowest BCUT2D eigenvalue weighted by molar-refractivity contribution is 0.413. The van der Waals surface area contributed by atoms with Crippen molar-refractivity contribution in [1.29, 1.82) is 0 Å². The first-order valence-corrected chi connectivity index (χ1v) is 8.27. The van der Waals surface area contributed by atoms with Crippen molar-refractivity contribution < 1.29 is 13.2 Å². The molecule has 0 saturated heterocycles. The van der Waals surface area contributed by atoms with Crippen molar-refractivity contribution in [2.24, 2.45) is 0 Å². The van der Waals surface area contributed by atoms with Gasteiger partial charge in [0.1, 0.15) is 5.75 Å². The summed E-state index contributed by atoms with van der Waals surface area (Å²) in [7, 11) is -1.93. The van der Waals surface area contributed by atoms with E-state index in [1.807, 2.05) is 0 Å². The number of methoxy groups -OCH3 is 1.